The zero-order valence-corrected chi connectivity index (χ0v) is 12.0. The molecule has 3 nitrogen and oxygen atoms in total. The molecule has 1 heterocycles. The third-order valence-electron chi connectivity index (χ3n) is 4.39. The van der Waals surface area contributed by atoms with E-state index in [1.807, 2.05) is 6.20 Å². The highest BCUT2D eigenvalue weighted by atomic mass is 16.4. The second-order valence-corrected chi connectivity index (χ2v) is 6.21. The number of benzene rings is 1. The Labute approximate surface area is 119 Å². The van der Waals surface area contributed by atoms with E-state index in [0.29, 0.717) is 11.8 Å². The molecule has 2 N–H and O–H groups in total. The molecule has 1 unspecified atom stereocenters. The molecule has 0 radical (unpaired) electrons. The molecule has 2 aromatic rings. The minimum absolute atomic E-state index is 0.156. The number of carboxylic acids is 1. The van der Waals surface area contributed by atoms with Gasteiger partial charge in [-0.3, -0.25) is 4.79 Å². The van der Waals surface area contributed by atoms with Gasteiger partial charge in [-0.1, -0.05) is 32.0 Å². The smallest absolute Gasteiger partial charge is 0.303 e. The summed E-state index contributed by atoms with van der Waals surface area (Å²) in [6.45, 7) is 4.37. The van der Waals surface area contributed by atoms with Crippen LogP contribution in [-0.2, 0) is 4.79 Å². The average molecular weight is 271 g/mol. The van der Waals surface area contributed by atoms with Crippen molar-refractivity contribution in [3.63, 3.8) is 0 Å². The van der Waals surface area contributed by atoms with Gasteiger partial charge < -0.3 is 10.1 Å². The number of hydrogen-bond donors (Lipinski definition) is 2. The summed E-state index contributed by atoms with van der Waals surface area (Å²) >= 11 is 0. The number of carboxylic acid groups (broad SMARTS) is 1. The van der Waals surface area contributed by atoms with Gasteiger partial charge in [0.1, 0.15) is 0 Å². The minimum atomic E-state index is -0.698. The molecule has 0 amide bonds. The summed E-state index contributed by atoms with van der Waals surface area (Å²) in [7, 11) is 0. The third-order valence-corrected chi connectivity index (χ3v) is 4.39. The summed E-state index contributed by atoms with van der Waals surface area (Å²) in [4.78, 5) is 14.5. The first-order valence-corrected chi connectivity index (χ1v) is 7.39. The van der Waals surface area contributed by atoms with E-state index in [2.05, 4.69) is 37.0 Å². The molecule has 0 bridgehead atoms. The maximum Gasteiger partial charge on any atom is 0.303 e. The standard InChI is InChI=1S/C17H21NO2/c1-10(2)12-4-3-5-13-15(9-18-17(12)13)14(8-16(19)20)11-6-7-11/h3-5,9-11,14,18H,6-8H2,1-2H3,(H,19,20). The molecule has 3 rings (SSSR count). The van der Waals surface area contributed by atoms with Crippen molar-refractivity contribution in [2.45, 2.75) is 44.9 Å². The Bertz CT molecular complexity index is 637. The molecule has 1 aliphatic carbocycles. The van der Waals surface area contributed by atoms with E-state index in [1.54, 1.807) is 0 Å². The number of rotatable bonds is 5. The van der Waals surface area contributed by atoms with Crippen molar-refractivity contribution < 1.29 is 9.90 Å². The summed E-state index contributed by atoms with van der Waals surface area (Å²) in [6.07, 6.45) is 4.59. The van der Waals surface area contributed by atoms with E-state index in [0.717, 1.165) is 12.8 Å². The lowest BCUT2D eigenvalue weighted by Gasteiger charge is -2.14. The lowest BCUT2D eigenvalue weighted by Crippen LogP contribution is -2.07. The topological polar surface area (TPSA) is 53.1 Å². The molecule has 0 aliphatic heterocycles. The Morgan fingerprint density at radius 2 is 2.10 bits per heavy atom. The van der Waals surface area contributed by atoms with Gasteiger partial charge in [0.05, 0.1) is 6.42 Å². The largest absolute Gasteiger partial charge is 0.481 e. The van der Waals surface area contributed by atoms with Crippen LogP contribution in [0.5, 0.6) is 0 Å². The number of nitrogens with one attached hydrogen (secondary N) is 1. The fraction of sp³-hybridized carbons (Fsp3) is 0.471. The fourth-order valence-corrected chi connectivity index (χ4v) is 3.20. The van der Waals surface area contributed by atoms with Crippen LogP contribution in [0.3, 0.4) is 0 Å². The van der Waals surface area contributed by atoms with Crippen molar-refractivity contribution in [3.05, 3.63) is 35.5 Å². The van der Waals surface area contributed by atoms with Crippen LogP contribution in [0.25, 0.3) is 10.9 Å². The summed E-state index contributed by atoms with van der Waals surface area (Å²) in [5.74, 6) is 0.469. The molecule has 0 saturated heterocycles. The van der Waals surface area contributed by atoms with Crippen molar-refractivity contribution in [2.75, 3.05) is 0 Å². The Balaban J connectivity index is 2.07. The number of para-hydroxylation sites is 1. The van der Waals surface area contributed by atoms with Gasteiger partial charge in [-0.2, -0.15) is 0 Å². The first kappa shape index (κ1) is 13.2. The van der Waals surface area contributed by atoms with Gasteiger partial charge >= 0.3 is 5.97 Å². The van der Waals surface area contributed by atoms with E-state index in [1.165, 1.54) is 22.0 Å². The van der Waals surface area contributed by atoms with Gasteiger partial charge in [0.25, 0.3) is 0 Å². The van der Waals surface area contributed by atoms with Gasteiger partial charge in [0.2, 0.25) is 0 Å². The van der Waals surface area contributed by atoms with Gasteiger partial charge in [0, 0.05) is 17.1 Å². The molecule has 3 heteroatoms. The van der Waals surface area contributed by atoms with E-state index < -0.39 is 5.97 Å². The van der Waals surface area contributed by atoms with Crippen LogP contribution in [0, 0.1) is 5.92 Å². The van der Waals surface area contributed by atoms with Crippen molar-refractivity contribution in [1.82, 2.24) is 4.98 Å². The summed E-state index contributed by atoms with van der Waals surface area (Å²) < 4.78 is 0. The molecule has 1 aromatic carbocycles. The molecule has 1 aliphatic rings. The van der Waals surface area contributed by atoms with E-state index >= 15 is 0 Å². The van der Waals surface area contributed by atoms with Crippen LogP contribution in [0.2, 0.25) is 0 Å². The number of aromatic amines is 1. The average Bonchev–Trinajstić information content (AvgIpc) is 3.14. The summed E-state index contributed by atoms with van der Waals surface area (Å²) in [5, 5.41) is 10.4. The normalized spacial score (nSPS) is 16.8. The quantitative estimate of drug-likeness (QED) is 0.853. The Hall–Kier alpha value is -1.77. The fourth-order valence-electron chi connectivity index (χ4n) is 3.20. The monoisotopic (exact) mass is 271 g/mol. The van der Waals surface area contributed by atoms with Crippen molar-refractivity contribution >= 4 is 16.9 Å². The van der Waals surface area contributed by atoms with E-state index in [-0.39, 0.29) is 12.3 Å². The molecule has 1 saturated carbocycles. The maximum absolute atomic E-state index is 11.1. The molecule has 1 aromatic heterocycles. The number of H-pyrrole nitrogens is 1. The Morgan fingerprint density at radius 3 is 2.70 bits per heavy atom. The van der Waals surface area contributed by atoms with Crippen LogP contribution in [0.15, 0.2) is 24.4 Å². The van der Waals surface area contributed by atoms with Crippen LogP contribution in [0.4, 0.5) is 0 Å². The maximum atomic E-state index is 11.1. The Kier molecular flexibility index (Phi) is 3.28. The minimum Gasteiger partial charge on any atom is -0.481 e. The molecule has 106 valence electrons. The number of fused-ring (bicyclic) bond motifs is 1. The lowest BCUT2D eigenvalue weighted by atomic mass is 9.89. The molecule has 1 fully saturated rings. The first-order chi connectivity index (χ1) is 9.58. The number of aromatic nitrogens is 1. The number of hydrogen-bond acceptors (Lipinski definition) is 1. The predicted octanol–water partition coefficient (Wildman–Crippen LogP) is 4.26. The van der Waals surface area contributed by atoms with Gasteiger partial charge in [-0.15, -0.1) is 0 Å². The first-order valence-electron chi connectivity index (χ1n) is 7.39. The zero-order valence-electron chi connectivity index (χ0n) is 12.0. The SMILES string of the molecule is CC(C)c1cccc2c(C(CC(=O)O)C3CC3)c[nH]c12. The molecular weight excluding hydrogens is 250 g/mol. The predicted molar refractivity (Wildman–Crippen MR) is 80.1 cm³/mol. The molecular formula is C17H21NO2. The molecule has 0 spiro atoms. The number of aliphatic carboxylic acids is 1. The molecule has 1 atom stereocenters. The van der Waals surface area contributed by atoms with Crippen LogP contribution < -0.4 is 0 Å². The van der Waals surface area contributed by atoms with Crippen LogP contribution in [-0.4, -0.2) is 16.1 Å². The van der Waals surface area contributed by atoms with Gasteiger partial charge in [-0.25, -0.2) is 0 Å². The second-order valence-electron chi connectivity index (χ2n) is 6.21. The summed E-state index contributed by atoms with van der Waals surface area (Å²) in [6, 6.07) is 6.35. The van der Waals surface area contributed by atoms with E-state index in [9.17, 15) is 4.79 Å². The van der Waals surface area contributed by atoms with Gasteiger partial charge in [0.15, 0.2) is 0 Å². The Morgan fingerprint density at radius 1 is 1.35 bits per heavy atom. The lowest BCUT2D eigenvalue weighted by molar-refractivity contribution is -0.137. The van der Waals surface area contributed by atoms with E-state index in [4.69, 9.17) is 5.11 Å². The third kappa shape index (κ3) is 2.33. The highest BCUT2D eigenvalue weighted by Gasteiger charge is 2.35. The summed E-state index contributed by atoms with van der Waals surface area (Å²) in [5.41, 5.74) is 3.67. The molecule has 20 heavy (non-hydrogen) atoms. The van der Waals surface area contributed by atoms with Crippen molar-refractivity contribution in [1.29, 1.82) is 0 Å². The highest BCUT2D eigenvalue weighted by molar-refractivity contribution is 5.87. The highest BCUT2D eigenvalue weighted by Crippen LogP contribution is 2.46. The van der Waals surface area contributed by atoms with Crippen LogP contribution >= 0.6 is 0 Å². The number of carbonyl (C=O) groups is 1. The van der Waals surface area contributed by atoms with Crippen molar-refractivity contribution in [2.24, 2.45) is 5.92 Å². The second kappa shape index (κ2) is 4.97. The van der Waals surface area contributed by atoms with Gasteiger partial charge in [-0.05, 0) is 41.7 Å². The zero-order chi connectivity index (χ0) is 14.3. The van der Waals surface area contributed by atoms with Crippen molar-refractivity contribution in [3.8, 4) is 0 Å². The van der Waals surface area contributed by atoms with Crippen LogP contribution in [0.1, 0.15) is 56.1 Å².